The number of thiol groups is 1. The molecule has 0 aliphatic heterocycles. The van der Waals surface area contributed by atoms with E-state index in [0.717, 1.165) is 5.56 Å². The summed E-state index contributed by atoms with van der Waals surface area (Å²) in [5.41, 5.74) is 6.53. The van der Waals surface area contributed by atoms with Crippen molar-refractivity contribution in [3.63, 3.8) is 0 Å². The highest BCUT2D eigenvalue weighted by Gasteiger charge is 2.28. The van der Waals surface area contributed by atoms with E-state index < -0.39 is 35.9 Å². The smallest absolute Gasteiger partial charge is 0.326 e. The first-order chi connectivity index (χ1) is 11.8. The molecule has 0 spiro atoms. The number of hydrogen-bond donors (Lipinski definition) is 5. The summed E-state index contributed by atoms with van der Waals surface area (Å²) in [6, 6.07) is 6.15. The first-order valence-electron chi connectivity index (χ1n) is 8.00. The van der Waals surface area contributed by atoms with Crippen molar-refractivity contribution in [2.45, 2.75) is 38.4 Å². The molecule has 138 valence electrons. The number of aliphatic carboxylic acids is 1. The van der Waals surface area contributed by atoms with E-state index in [-0.39, 0.29) is 18.1 Å². The van der Waals surface area contributed by atoms with Crippen LogP contribution in [0.15, 0.2) is 30.3 Å². The minimum Gasteiger partial charge on any atom is -0.480 e. The molecule has 0 bridgehead atoms. The van der Waals surface area contributed by atoms with Gasteiger partial charge in [-0.15, -0.1) is 0 Å². The molecule has 25 heavy (non-hydrogen) atoms. The Morgan fingerprint density at radius 2 is 1.64 bits per heavy atom. The number of nitrogens with two attached hydrogens (primary N) is 1. The molecule has 5 N–H and O–H groups in total. The SMILES string of the molecule is CC(C)C(N)C(=O)NC(CS)C(=O)NC(Cc1ccccc1)C(=O)O. The summed E-state index contributed by atoms with van der Waals surface area (Å²) in [5, 5.41) is 14.3. The third-order valence-electron chi connectivity index (χ3n) is 3.73. The van der Waals surface area contributed by atoms with Crippen LogP contribution >= 0.6 is 12.6 Å². The third kappa shape index (κ3) is 6.75. The zero-order chi connectivity index (χ0) is 19.0. The minimum atomic E-state index is -1.15. The fourth-order valence-corrected chi connectivity index (χ4v) is 2.34. The van der Waals surface area contributed by atoms with E-state index in [0.29, 0.717) is 0 Å². The normalized spacial score (nSPS) is 14.4. The predicted octanol–water partition coefficient (Wildman–Crippen LogP) is 0.196. The summed E-state index contributed by atoms with van der Waals surface area (Å²) in [6.45, 7) is 3.58. The highest BCUT2D eigenvalue weighted by molar-refractivity contribution is 7.80. The van der Waals surface area contributed by atoms with E-state index in [9.17, 15) is 19.5 Å². The van der Waals surface area contributed by atoms with E-state index >= 15 is 0 Å². The van der Waals surface area contributed by atoms with E-state index in [1.165, 1.54) is 0 Å². The van der Waals surface area contributed by atoms with Gasteiger partial charge in [-0.25, -0.2) is 4.79 Å². The summed E-state index contributed by atoms with van der Waals surface area (Å²) >= 11 is 4.06. The van der Waals surface area contributed by atoms with Crippen molar-refractivity contribution < 1.29 is 19.5 Å². The number of carbonyl (C=O) groups is 3. The van der Waals surface area contributed by atoms with Gasteiger partial charge in [-0.1, -0.05) is 44.2 Å². The van der Waals surface area contributed by atoms with Crippen LogP contribution in [-0.4, -0.2) is 46.8 Å². The molecule has 3 atom stereocenters. The summed E-state index contributed by atoms with van der Waals surface area (Å²) in [4.78, 5) is 35.8. The topological polar surface area (TPSA) is 122 Å². The van der Waals surface area contributed by atoms with Crippen molar-refractivity contribution >= 4 is 30.4 Å². The Hall–Kier alpha value is -2.06. The van der Waals surface area contributed by atoms with Gasteiger partial charge >= 0.3 is 5.97 Å². The van der Waals surface area contributed by atoms with Crippen LogP contribution in [0, 0.1) is 5.92 Å². The lowest BCUT2D eigenvalue weighted by Gasteiger charge is -2.22. The first kappa shape index (κ1) is 21.0. The highest BCUT2D eigenvalue weighted by atomic mass is 32.1. The first-order valence-corrected chi connectivity index (χ1v) is 8.63. The molecule has 0 radical (unpaired) electrons. The van der Waals surface area contributed by atoms with E-state index in [4.69, 9.17) is 5.73 Å². The second kappa shape index (κ2) is 10.0. The van der Waals surface area contributed by atoms with Gasteiger partial charge in [0.2, 0.25) is 11.8 Å². The largest absolute Gasteiger partial charge is 0.480 e. The maximum atomic E-state index is 12.3. The number of nitrogens with one attached hydrogen (secondary N) is 2. The molecule has 2 amide bonds. The highest BCUT2D eigenvalue weighted by Crippen LogP contribution is 2.05. The Morgan fingerprint density at radius 3 is 2.12 bits per heavy atom. The predicted molar refractivity (Wildman–Crippen MR) is 98.3 cm³/mol. The summed E-state index contributed by atoms with van der Waals surface area (Å²) < 4.78 is 0. The summed E-state index contributed by atoms with van der Waals surface area (Å²) in [5.74, 6) is -2.30. The van der Waals surface area contributed by atoms with Crippen LogP contribution in [0.1, 0.15) is 19.4 Å². The zero-order valence-corrected chi connectivity index (χ0v) is 15.2. The van der Waals surface area contributed by atoms with Crippen LogP contribution in [0.5, 0.6) is 0 Å². The Labute approximate surface area is 152 Å². The standard InChI is InChI=1S/C17H25N3O4S/c1-10(2)14(18)16(22)20-13(9-25)15(21)19-12(17(23)24)8-11-6-4-3-5-7-11/h3-7,10,12-14,25H,8-9,18H2,1-2H3,(H,19,21)(H,20,22)(H,23,24). The average Bonchev–Trinajstić information content (AvgIpc) is 2.58. The number of benzene rings is 1. The van der Waals surface area contributed by atoms with Gasteiger partial charge in [0.1, 0.15) is 12.1 Å². The molecule has 0 fully saturated rings. The fraction of sp³-hybridized carbons (Fsp3) is 0.471. The number of hydrogen-bond acceptors (Lipinski definition) is 5. The van der Waals surface area contributed by atoms with Gasteiger partial charge in [0.15, 0.2) is 0 Å². The minimum absolute atomic E-state index is 0.0278. The number of carboxylic acid groups (broad SMARTS) is 1. The molecular weight excluding hydrogens is 342 g/mol. The molecule has 1 aromatic carbocycles. The second-order valence-electron chi connectivity index (χ2n) is 6.10. The fourth-order valence-electron chi connectivity index (χ4n) is 2.09. The maximum absolute atomic E-state index is 12.3. The van der Waals surface area contributed by atoms with Gasteiger partial charge in [-0.3, -0.25) is 9.59 Å². The van der Waals surface area contributed by atoms with Crippen molar-refractivity contribution in [2.24, 2.45) is 11.7 Å². The van der Waals surface area contributed by atoms with Crippen LogP contribution < -0.4 is 16.4 Å². The van der Waals surface area contributed by atoms with Crippen LogP contribution in [0.2, 0.25) is 0 Å². The number of rotatable bonds is 9. The zero-order valence-electron chi connectivity index (χ0n) is 14.3. The van der Waals surface area contributed by atoms with E-state index in [2.05, 4.69) is 23.3 Å². The van der Waals surface area contributed by atoms with Gasteiger partial charge in [-0.2, -0.15) is 12.6 Å². The molecule has 0 saturated carbocycles. The van der Waals surface area contributed by atoms with Gasteiger partial charge in [0.25, 0.3) is 0 Å². The van der Waals surface area contributed by atoms with Gasteiger partial charge in [-0.05, 0) is 11.5 Å². The second-order valence-corrected chi connectivity index (χ2v) is 6.47. The van der Waals surface area contributed by atoms with Crippen molar-refractivity contribution in [1.29, 1.82) is 0 Å². The summed E-state index contributed by atoms with van der Waals surface area (Å²) in [6.07, 6.45) is 0.140. The lowest BCUT2D eigenvalue weighted by atomic mass is 10.0. The number of carbonyl (C=O) groups excluding carboxylic acids is 2. The van der Waals surface area contributed by atoms with E-state index in [1.807, 2.05) is 6.07 Å². The lowest BCUT2D eigenvalue weighted by molar-refractivity contribution is -0.142. The maximum Gasteiger partial charge on any atom is 0.326 e. The van der Waals surface area contributed by atoms with Gasteiger partial charge in [0.05, 0.1) is 6.04 Å². The molecule has 3 unspecified atom stereocenters. The Bertz CT molecular complexity index is 595. The van der Waals surface area contributed by atoms with Crippen LogP contribution in [0.3, 0.4) is 0 Å². The third-order valence-corrected chi connectivity index (χ3v) is 4.10. The number of amides is 2. The average molecular weight is 367 g/mol. The molecule has 0 aromatic heterocycles. The molecule has 8 heteroatoms. The van der Waals surface area contributed by atoms with Crippen LogP contribution in [0.4, 0.5) is 0 Å². The van der Waals surface area contributed by atoms with Crippen LogP contribution in [0.25, 0.3) is 0 Å². The Kier molecular flexibility index (Phi) is 8.44. The monoisotopic (exact) mass is 367 g/mol. The summed E-state index contributed by atoms with van der Waals surface area (Å²) in [7, 11) is 0. The van der Waals surface area contributed by atoms with Gasteiger partial charge < -0.3 is 21.5 Å². The quantitative estimate of drug-likeness (QED) is 0.399. The number of carboxylic acids is 1. The van der Waals surface area contributed by atoms with E-state index in [1.54, 1.807) is 38.1 Å². The van der Waals surface area contributed by atoms with Crippen molar-refractivity contribution in [3.05, 3.63) is 35.9 Å². The van der Waals surface area contributed by atoms with Crippen LogP contribution in [-0.2, 0) is 20.8 Å². The Morgan fingerprint density at radius 1 is 1.08 bits per heavy atom. The molecule has 1 aromatic rings. The van der Waals surface area contributed by atoms with Crippen molar-refractivity contribution in [3.8, 4) is 0 Å². The molecule has 1 rings (SSSR count). The molecule has 7 nitrogen and oxygen atoms in total. The van der Waals surface area contributed by atoms with Crippen molar-refractivity contribution in [2.75, 3.05) is 5.75 Å². The Balaban J connectivity index is 2.73. The molecule has 0 heterocycles. The van der Waals surface area contributed by atoms with Gasteiger partial charge in [0, 0.05) is 12.2 Å². The lowest BCUT2D eigenvalue weighted by Crippen LogP contribution is -2.56. The molecular formula is C17H25N3O4S. The molecule has 0 aliphatic carbocycles. The molecule has 0 aliphatic rings. The van der Waals surface area contributed by atoms with Crippen molar-refractivity contribution in [1.82, 2.24) is 10.6 Å². The molecule has 0 saturated heterocycles.